The van der Waals surface area contributed by atoms with E-state index in [1.807, 2.05) is 30.3 Å². The minimum Gasteiger partial charge on any atom is -0.497 e. The van der Waals surface area contributed by atoms with Crippen LogP contribution in [0.1, 0.15) is 11.3 Å². The van der Waals surface area contributed by atoms with Gasteiger partial charge in [0, 0.05) is 5.56 Å². The number of benzene rings is 2. The van der Waals surface area contributed by atoms with Gasteiger partial charge in [-0.1, -0.05) is 12.1 Å². The number of oxazole rings is 1. The Bertz CT molecular complexity index is 832. The summed E-state index contributed by atoms with van der Waals surface area (Å²) in [6, 6.07) is 16.6. The number of methoxy groups -OCH3 is 1. The van der Waals surface area contributed by atoms with Gasteiger partial charge in [0.2, 0.25) is 5.89 Å². The van der Waals surface area contributed by atoms with Gasteiger partial charge in [-0.15, -0.1) is 0 Å². The van der Waals surface area contributed by atoms with Crippen molar-refractivity contribution in [2.45, 2.75) is 6.61 Å². The van der Waals surface area contributed by atoms with Crippen molar-refractivity contribution >= 4 is 0 Å². The second kappa shape index (κ2) is 6.67. The number of aromatic nitrogens is 1. The molecule has 3 aromatic rings. The highest BCUT2D eigenvalue weighted by atomic mass is 16.5. The number of hydrogen-bond acceptors (Lipinski definition) is 5. The maximum atomic E-state index is 9.04. The zero-order valence-electron chi connectivity index (χ0n) is 12.5. The van der Waals surface area contributed by atoms with Gasteiger partial charge in [0.25, 0.3) is 0 Å². The van der Waals surface area contributed by atoms with E-state index in [-0.39, 0.29) is 6.61 Å². The number of ether oxygens (including phenoxy) is 2. The second-order valence-corrected chi connectivity index (χ2v) is 4.77. The van der Waals surface area contributed by atoms with Crippen LogP contribution in [0, 0.1) is 11.3 Å². The molecule has 0 aliphatic rings. The van der Waals surface area contributed by atoms with E-state index in [2.05, 4.69) is 11.1 Å². The molecule has 0 saturated carbocycles. The topological polar surface area (TPSA) is 68.3 Å². The Morgan fingerprint density at radius 2 is 1.91 bits per heavy atom. The van der Waals surface area contributed by atoms with Gasteiger partial charge in [-0.25, -0.2) is 4.98 Å². The molecule has 0 spiro atoms. The number of nitriles is 1. The molecular weight excluding hydrogens is 292 g/mol. The van der Waals surface area contributed by atoms with Gasteiger partial charge in [-0.2, -0.15) is 5.26 Å². The van der Waals surface area contributed by atoms with Gasteiger partial charge >= 0.3 is 0 Å². The molecule has 114 valence electrons. The van der Waals surface area contributed by atoms with Crippen LogP contribution in [0.5, 0.6) is 11.5 Å². The highest BCUT2D eigenvalue weighted by Gasteiger charge is 2.09. The molecule has 0 radical (unpaired) electrons. The van der Waals surface area contributed by atoms with Crippen LogP contribution >= 0.6 is 0 Å². The zero-order valence-corrected chi connectivity index (χ0v) is 12.5. The van der Waals surface area contributed by atoms with E-state index < -0.39 is 0 Å². The first-order valence-electron chi connectivity index (χ1n) is 7.01. The van der Waals surface area contributed by atoms with Gasteiger partial charge in [-0.05, 0) is 36.4 Å². The molecule has 1 heterocycles. The van der Waals surface area contributed by atoms with Crippen molar-refractivity contribution in [1.29, 1.82) is 5.26 Å². The molecule has 0 bridgehead atoms. The number of nitrogens with zero attached hydrogens (tertiary/aromatic N) is 2. The normalized spacial score (nSPS) is 10.1. The third kappa shape index (κ3) is 3.33. The summed E-state index contributed by atoms with van der Waals surface area (Å²) in [7, 11) is 1.62. The minimum atomic E-state index is 0.234. The summed E-state index contributed by atoms with van der Waals surface area (Å²) < 4.78 is 16.2. The predicted molar refractivity (Wildman–Crippen MR) is 84.0 cm³/mol. The molecule has 0 aliphatic heterocycles. The van der Waals surface area contributed by atoms with Crippen LogP contribution in [-0.2, 0) is 6.61 Å². The van der Waals surface area contributed by atoms with E-state index in [0.717, 1.165) is 11.3 Å². The van der Waals surface area contributed by atoms with Crippen LogP contribution < -0.4 is 9.47 Å². The van der Waals surface area contributed by atoms with Gasteiger partial charge in [0.1, 0.15) is 36.1 Å². The van der Waals surface area contributed by atoms with Crippen molar-refractivity contribution in [2.75, 3.05) is 7.11 Å². The first-order chi connectivity index (χ1) is 11.3. The lowest BCUT2D eigenvalue weighted by molar-refractivity contribution is 0.300. The van der Waals surface area contributed by atoms with E-state index in [0.29, 0.717) is 22.9 Å². The van der Waals surface area contributed by atoms with Crippen molar-refractivity contribution in [1.82, 2.24) is 4.98 Å². The standard InChI is InChI=1S/C18H14N2O3/c1-21-16-8-6-13(7-9-16)18-20-15(12-23-18)11-22-17-5-3-2-4-14(17)10-19/h2-9,12H,11H2,1H3. The zero-order chi connectivity index (χ0) is 16.1. The summed E-state index contributed by atoms with van der Waals surface area (Å²) in [5, 5.41) is 9.04. The molecule has 2 aromatic carbocycles. The third-order valence-electron chi connectivity index (χ3n) is 3.27. The fraction of sp³-hybridized carbons (Fsp3) is 0.111. The van der Waals surface area contributed by atoms with Gasteiger partial charge in [-0.3, -0.25) is 0 Å². The fourth-order valence-electron chi connectivity index (χ4n) is 2.08. The van der Waals surface area contributed by atoms with Crippen molar-refractivity contribution in [3.63, 3.8) is 0 Å². The van der Waals surface area contributed by atoms with Crippen molar-refractivity contribution in [2.24, 2.45) is 0 Å². The highest BCUT2D eigenvalue weighted by molar-refractivity contribution is 5.54. The first kappa shape index (κ1) is 14.7. The van der Waals surface area contributed by atoms with Crippen molar-refractivity contribution < 1.29 is 13.9 Å². The van der Waals surface area contributed by atoms with Gasteiger partial charge < -0.3 is 13.9 Å². The molecule has 0 unspecified atom stereocenters. The highest BCUT2D eigenvalue weighted by Crippen LogP contribution is 2.23. The van der Waals surface area contributed by atoms with E-state index in [9.17, 15) is 0 Å². The molecule has 23 heavy (non-hydrogen) atoms. The molecule has 0 fully saturated rings. The molecule has 0 N–H and O–H groups in total. The summed E-state index contributed by atoms with van der Waals surface area (Å²) in [4.78, 5) is 4.39. The molecule has 3 rings (SSSR count). The van der Waals surface area contributed by atoms with Crippen LogP contribution in [-0.4, -0.2) is 12.1 Å². The summed E-state index contributed by atoms with van der Waals surface area (Å²) in [5.41, 5.74) is 2.00. The maximum Gasteiger partial charge on any atom is 0.226 e. The molecule has 5 heteroatoms. The van der Waals surface area contributed by atoms with Crippen molar-refractivity contribution in [3.05, 3.63) is 66.1 Å². The quantitative estimate of drug-likeness (QED) is 0.717. The number of hydrogen-bond donors (Lipinski definition) is 0. The van der Waals surface area contributed by atoms with Gasteiger partial charge in [0.15, 0.2) is 0 Å². The van der Waals surface area contributed by atoms with E-state index >= 15 is 0 Å². The molecule has 0 saturated heterocycles. The molecule has 0 aliphatic carbocycles. The Morgan fingerprint density at radius 1 is 1.13 bits per heavy atom. The average Bonchev–Trinajstić information content (AvgIpc) is 3.09. The summed E-state index contributed by atoms with van der Waals surface area (Å²) in [6.45, 7) is 0.234. The third-order valence-corrected chi connectivity index (χ3v) is 3.27. The number of para-hydroxylation sites is 1. The molecule has 0 atom stereocenters. The minimum absolute atomic E-state index is 0.234. The van der Waals surface area contributed by atoms with Gasteiger partial charge in [0.05, 0.1) is 12.7 Å². The largest absolute Gasteiger partial charge is 0.497 e. The summed E-state index contributed by atoms with van der Waals surface area (Å²) in [6.07, 6.45) is 1.55. The fourth-order valence-corrected chi connectivity index (χ4v) is 2.08. The lowest BCUT2D eigenvalue weighted by Crippen LogP contribution is -1.97. The SMILES string of the molecule is COc1ccc(-c2nc(COc3ccccc3C#N)co2)cc1. The lowest BCUT2D eigenvalue weighted by Gasteiger charge is -2.04. The first-order valence-corrected chi connectivity index (χ1v) is 7.01. The summed E-state index contributed by atoms with van der Waals surface area (Å²) in [5.74, 6) is 1.82. The Labute approximate surface area is 133 Å². The monoisotopic (exact) mass is 306 g/mol. The Morgan fingerprint density at radius 3 is 2.65 bits per heavy atom. The predicted octanol–water partition coefficient (Wildman–Crippen LogP) is 3.80. The maximum absolute atomic E-state index is 9.04. The van der Waals surface area contributed by atoms with Crippen LogP contribution in [0.3, 0.4) is 0 Å². The Kier molecular flexibility index (Phi) is 4.25. The molecule has 0 amide bonds. The molecule has 5 nitrogen and oxygen atoms in total. The second-order valence-electron chi connectivity index (χ2n) is 4.77. The van der Waals surface area contributed by atoms with E-state index in [4.69, 9.17) is 19.2 Å². The van der Waals surface area contributed by atoms with Crippen LogP contribution in [0.4, 0.5) is 0 Å². The summed E-state index contributed by atoms with van der Waals surface area (Å²) >= 11 is 0. The van der Waals surface area contributed by atoms with Crippen molar-refractivity contribution in [3.8, 4) is 29.0 Å². The number of rotatable bonds is 5. The van der Waals surface area contributed by atoms with Crippen LogP contribution in [0.2, 0.25) is 0 Å². The smallest absolute Gasteiger partial charge is 0.226 e. The average molecular weight is 306 g/mol. The lowest BCUT2D eigenvalue weighted by atomic mass is 10.2. The molecular formula is C18H14N2O3. The Balaban J connectivity index is 1.71. The molecule has 1 aromatic heterocycles. The van der Waals surface area contributed by atoms with Crippen LogP contribution in [0.25, 0.3) is 11.5 Å². The van der Waals surface area contributed by atoms with Crippen LogP contribution in [0.15, 0.2) is 59.2 Å². The van der Waals surface area contributed by atoms with E-state index in [1.165, 1.54) is 0 Å². The Hall–Kier alpha value is -3.26. The van der Waals surface area contributed by atoms with E-state index in [1.54, 1.807) is 31.6 Å².